The van der Waals surface area contributed by atoms with Gasteiger partial charge in [0, 0.05) is 44.0 Å². The minimum atomic E-state index is -0.106. The average molecular weight is 406 g/mol. The van der Waals surface area contributed by atoms with Gasteiger partial charge in [-0.3, -0.25) is 9.69 Å². The van der Waals surface area contributed by atoms with Crippen molar-refractivity contribution in [2.45, 2.75) is 12.8 Å². The molecule has 0 aromatic heterocycles. The van der Waals surface area contributed by atoms with E-state index in [4.69, 9.17) is 23.2 Å². The highest BCUT2D eigenvalue weighted by molar-refractivity contribution is 6.42. The number of nitrogens with zero attached hydrogens (tertiary/aromatic N) is 2. The summed E-state index contributed by atoms with van der Waals surface area (Å²) >= 11 is 11.8. The van der Waals surface area contributed by atoms with Gasteiger partial charge in [-0.15, -0.1) is 0 Å². The van der Waals surface area contributed by atoms with E-state index in [1.54, 1.807) is 18.2 Å². The van der Waals surface area contributed by atoms with Crippen LogP contribution in [0.1, 0.15) is 23.2 Å². The summed E-state index contributed by atoms with van der Waals surface area (Å²) in [5.74, 6) is -0.106. The zero-order valence-corrected chi connectivity index (χ0v) is 16.8. The average Bonchev–Trinajstić information content (AvgIpc) is 2.71. The number of anilines is 1. The van der Waals surface area contributed by atoms with Crippen molar-refractivity contribution in [3.8, 4) is 0 Å². The normalized spacial score (nSPS) is 15.0. The second kappa shape index (κ2) is 9.98. The van der Waals surface area contributed by atoms with Crippen LogP contribution in [0.4, 0.5) is 5.69 Å². The summed E-state index contributed by atoms with van der Waals surface area (Å²) in [5, 5.41) is 3.81. The molecule has 1 aliphatic heterocycles. The maximum Gasteiger partial charge on any atom is 0.251 e. The largest absolute Gasteiger partial charge is 0.369 e. The number of rotatable bonds is 7. The zero-order valence-electron chi connectivity index (χ0n) is 15.3. The Morgan fingerprint density at radius 2 is 1.67 bits per heavy atom. The molecule has 27 heavy (non-hydrogen) atoms. The van der Waals surface area contributed by atoms with Crippen molar-refractivity contribution in [3.05, 3.63) is 64.1 Å². The minimum absolute atomic E-state index is 0.106. The van der Waals surface area contributed by atoms with Crippen LogP contribution < -0.4 is 10.2 Å². The van der Waals surface area contributed by atoms with Gasteiger partial charge in [0.15, 0.2) is 0 Å². The van der Waals surface area contributed by atoms with Crippen LogP contribution in [0.2, 0.25) is 10.0 Å². The smallest absolute Gasteiger partial charge is 0.251 e. The number of carbonyl (C=O) groups excluding carboxylic acids is 1. The van der Waals surface area contributed by atoms with Crippen LogP contribution in [-0.2, 0) is 0 Å². The van der Waals surface area contributed by atoms with E-state index in [1.165, 1.54) is 5.69 Å². The lowest BCUT2D eigenvalue weighted by molar-refractivity contribution is 0.0952. The van der Waals surface area contributed by atoms with Crippen molar-refractivity contribution in [3.63, 3.8) is 0 Å². The Morgan fingerprint density at radius 3 is 2.37 bits per heavy atom. The van der Waals surface area contributed by atoms with Crippen molar-refractivity contribution >= 4 is 34.8 Å². The van der Waals surface area contributed by atoms with Crippen molar-refractivity contribution in [2.75, 3.05) is 44.2 Å². The molecule has 1 amide bonds. The van der Waals surface area contributed by atoms with Crippen LogP contribution in [-0.4, -0.2) is 50.1 Å². The maximum absolute atomic E-state index is 12.1. The van der Waals surface area contributed by atoms with Crippen LogP contribution in [0, 0.1) is 0 Å². The van der Waals surface area contributed by atoms with Gasteiger partial charge in [0.25, 0.3) is 5.91 Å². The molecule has 0 saturated carbocycles. The number of halogens is 2. The van der Waals surface area contributed by atoms with E-state index in [0.29, 0.717) is 22.2 Å². The third kappa shape index (κ3) is 5.86. The van der Waals surface area contributed by atoms with Crippen LogP contribution in [0.25, 0.3) is 0 Å². The summed E-state index contributed by atoms with van der Waals surface area (Å²) < 4.78 is 0. The van der Waals surface area contributed by atoms with Crippen molar-refractivity contribution in [1.29, 1.82) is 0 Å². The molecule has 2 aromatic rings. The van der Waals surface area contributed by atoms with Crippen molar-refractivity contribution in [2.24, 2.45) is 0 Å². The molecule has 1 N–H and O–H groups in total. The maximum atomic E-state index is 12.1. The molecule has 0 bridgehead atoms. The summed E-state index contributed by atoms with van der Waals surface area (Å²) in [6.07, 6.45) is 2.04. The van der Waals surface area contributed by atoms with E-state index < -0.39 is 0 Å². The molecule has 4 nitrogen and oxygen atoms in total. The highest BCUT2D eigenvalue weighted by atomic mass is 35.5. The molecule has 2 aromatic carbocycles. The van der Waals surface area contributed by atoms with E-state index in [9.17, 15) is 4.79 Å². The number of unbranched alkanes of at least 4 members (excludes halogenated alkanes) is 1. The summed E-state index contributed by atoms with van der Waals surface area (Å²) in [6, 6.07) is 15.5. The molecule has 3 rings (SSSR count). The first kappa shape index (κ1) is 20.0. The van der Waals surface area contributed by atoms with E-state index >= 15 is 0 Å². The van der Waals surface area contributed by atoms with Crippen LogP contribution in [0.15, 0.2) is 48.5 Å². The number of hydrogen-bond donors (Lipinski definition) is 1. The predicted octanol–water partition coefficient (Wildman–Crippen LogP) is 4.33. The summed E-state index contributed by atoms with van der Waals surface area (Å²) in [4.78, 5) is 17.1. The van der Waals surface area contributed by atoms with Crippen LogP contribution in [0.5, 0.6) is 0 Å². The monoisotopic (exact) mass is 405 g/mol. The Morgan fingerprint density at radius 1 is 0.926 bits per heavy atom. The van der Waals surface area contributed by atoms with Gasteiger partial charge in [0.2, 0.25) is 0 Å². The third-order valence-corrected chi connectivity index (χ3v) is 5.60. The van der Waals surface area contributed by atoms with Crippen molar-refractivity contribution in [1.82, 2.24) is 10.2 Å². The lowest BCUT2D eigenvalue weighted by Gasteiger charge is -2.36. The molecule has 0 atom stereocenters. The first-order valence-corrected chi connectivity index (χ1v) is 10.1. The van der Waals surface area contributed by atoms with Gasteiger partial charge < -0.3 is 10.2 Å². The molecule has 0 aliphatic carbocycles. The second-order valence-corrected chi connectivity index (χ2v) is 7.57. The molecule has 0 unspecified atom stereocenters. The number of nitrogens with one attached hydrogen (secondary N) is 1. The second-order valence-electron chi connectivity index (χ2n) is 6.76. The Hall–Kier alpha value is -1.75. The van der Waals surface area contributed by atoms with E-state index in [2.05, 4.69) is 45.4 Å². The van der Waals surface area contributed by atoms with E-state index in [0.717, 1.165) is 45.6 Å². The number of hydrogen-bond acceptors (Lipinski definition) is 3. The molecule has 1 aliphatic rings. The Kier molecular flexibility index (Phi) is 7.39. The summed E-state index contributed by atoms with van der Waals surface area (Å²) in [5.41, 5.74) is 1.85. The van der Waals surface area contributed by atoms with Gasteiger partial charge in [-0.1, -0.05) is 41.4 Å². The molecule has 0 radical (unpaired) electrons. The number of piperazine rings is 1. The molecule has 6 heteroatoms. The van der Waals surface area contributed by atoms with E-state index in [1.807, 2.05) is 0 Å². The van der Waals surface area contributed by atoms with Crippen molar-refractivity contribution < 1.29 is 4.79 Å². The highest BCUT2D eigenvalue weighted by Gasteiger charge is 2.16. The predicted molar refractivity (Wildman–Crippen MR) is 113 cm³/mol. The van der Waals surface area contributed by atoms with E-state index in [-0.39, 0.29) is 5.91 Å². The lowest BCUT2D eigenvalue weighted by Crippen LogP contribution is -2.46. The number of carbonyl (C=O) groups is 1. The SMILES string of the molecule is O=C(NCCCCN1CCN(c2ccccc2)CC1)c1ccc(Cl)c(Cl)c1. The Labute approximate surface area is 171 Å². The first-order chi connectivity index (χ1) is 13.1. The number of para-hydroxylation sites is 1. The van der Waals surface area contributed by atoms with Gasteiger partial charge >= 0.3 is 0 Å². The molecular formula is C21H25Cl2N3O. The topological polar surface area (TPSA) is 35.6 Å². The fraction of sp³-hybridized carbons (Fsp3) is 0.381. The molecule has 0 spiro atoms. The lowest BCUT2D eigenvalue weighted by atomic mass is 10.2. The molecule has 1 fully saturated rings. The van der Waals surface area contributed by atoms with Gasteiger partial charge in [-0.2, -0.15) is 0 Å². The highest BCUT2D eigenvalue weighted by Crippen LogP contribution is 2.22. The molecule has 1 heterocycles. The first-order valence-electron chi connectivity index (χ1n) is 9.39. The van der Waals surface area contributed by atoms with Gasteiger partial charge in [-0.05, 0) is 49.7 Å². The fourth-order valence-corrected chi connectivity index (χ4v) is 3.57. The minimum Gasteiger partial charge on any atom is -0.369 e. The van der Waals surface area contributed by atoms with Gasteiger partial charge in [-0.25, -0.2) is 0 Å². The Balaban J connectivity index is 1.31. The summed E-state index contributed by atoms with van der Waals surface area (Å²) in [7, 11) is 0. The number of amides is 1. The molecule has 1 saturated heterocycles. The van der Waals surface area contributed by atoms with Crippen LogP contribution >= 0.6 is 23.2 Å². The standard InChI is InChI=1S/C21H25Cl2N3O/c22-19-9-8-17(16-20(19)23)21(27)24-10-4-5-11-25-12-14-26(15-13-25)18-6-2-1-3-7-18/h1-3,6-9,16H,4-5,10-15H2,(H,24,27). The van der Waals surface area contributed by atoms with Gasteiger partial charge in [0.1, 0.15) is 0 Å². The fourth-order valence-electron chi connectivity index (χ4n) is 3.27. The zero-order chi connectivity index (χ0) is 19.1. The third-order valence-electron chi connectivity index (χ3n) is 4.86. The Bertz CT molecular complexity index is 746. The molecule has 144 valence electrons. The molecular weight excluding hydrogens is 381 g/mol. The van der Waals surface area contributed by atoms with Crippen LogP contribution in [0.3, 0.4) is 0 Å². The van der Waals surface area contributed by atoms with Gasteiger partial charge in [0.05, 0.1) is 10.0 Å². The quantitative estimate of drug-likeness (QED) is 0.696. The summed E-state index contributed by atoms with van der Waals surface area (Å²) in [6.45, 7) is 6.06. The number of benzene rings is 2.